The molecule has 2 saturated heterocycles. The number of amides is 1. The quantitative estimate of drug-likeness (QED) is 0.581. The Balaban J connectivity index is 1.10. The lowest BCUT2D eigenvalue weighted by atomic mass is 9.92. The highest BCUT2D eigenvalue weighted by atomic mass is 16.2. The Labute approximate surface area is 195 Å². The van der Waals surface area contributed by atoms with Gasteiger partial charge in [-0.25, -0.2) is 4.98 Å². The highest BCUT2D eigenvalue weighted by Gasteiger charge is 2.25. The standard InChI is InChI=1S/C26H32N6O/c33-25(32-17-15-31(16-18-32)24-8-1-2-11-28-24)10-9-21-5-4-14-30(19-21)20-22-6-3-7-23-26(22)29-13-12-27-23/h1-3,6-8,11-13,21H,4-5,9-10,14-20H2/t21-/m1/s1. The number of hydrogen-bond acceptors (Lipinski definition) is 6. The van der Waals surface area contributed by atoms with E-state index in [0.717, 1.165) is 69.1 Å². The zero-order valence-electron chi connectivity index (χ0n) is 19.1. The Hall–Kier alpha value is -3.06. The SMILES string of the molecule is O=C(CC[C@H]1CCCN(Cc2cccc3nccnc23)C1)N1CCN(c2ccccn2)CC1. The molecule has 3 aromatic rings. The summed E-state index contributed by atoms with van der Waals surface area (Å²) in [5, 5.41) is 0. The molecule has 33 heavy (non-hydrogen) atoms. The summed E-state index contributed by atoms with van der Waals surface area (Å²) in [5.74, 6) is 1.89. The van der Waals surface area contributed by atoms with Gasteiger partial charge in [-0.05, 0) is 55.5 Å². The van der Waals surface area contributed by atoms with E-state index in [1.54, 1.807) is 12.4 Å². The summed E-state index contributed by atoms with van der Waals surface area (Å²) in [5.41, 5.74) is 3.20. The van der Waals surface area contributed by atoms with Crippen molar-refractivity contribution in [2.75, 3.05) is 44.2 Å². The van der Waals surface area contributed by atoms with Gasteiger partial charge >= 0.3 is 0 Å². The van der Waals surface area contributed by atoms with E-state index in [4.69, 9.17) is 0 Å². The Bertz CT molecular complexity index is 1060. The highest BCUT2D eigenvalue weighted by molar-refractivity contribution is 5.77. The molecule has 2 aliphatic heterocycles. The molecule has 172 valence electrons. The summed E-state index contributed by atoms with van der Waals surface area (Å²) in [6.07, 6.45) is 9.39. The van der Waals surface area contributed by atoms with Gasteiger partial charge in [-0.1, -0.05) is 18.2 Å². The first-order valence-electron chi connectivity index (χ1n) is 12.1. The topological polar surface area (TPSA) is 65.5 Å². The molecular formula is C26H32N6O. The second-order valence-corrected chi connectivity index (χ2v) is 9.18. The van der Waals surface area contributed by atoms with E-state index in [-0.39, 0.29) is 0 Å². The number of piperidine rings is 1. The van der Waals surface area contributed by atoms with Crippen molar-refractivity contribution in [3.63, 3.8) is 0 Å². The van der Waals surface area contributed by atoms with E-state index < -0.39 is 0 Å². The molecule has 1 aromatic carbocycles. The second-order valence-electron chi connectivity index (χ2n) is 9.18. The van der Waals surface area contributed by atoms with E-state index >= 15 is 0 Å². The first kappa shape index (κ1) is 21.8. The van der Waals surface area contributed by atoms with Crippen LogP contribution < -0.4 is 4.90 Å². The van der Waals surface area contributed by atoms with Crippen LogP contribution in [0.15, 0.2) is 55.0 Å². The van der Waals surface area contributed by atoms with Gasteiger partial charge in [-0.15, -0.1) is 0 Å². The van der Waals surface area contributed by atoms with Gasteiger partial charge < -0.3 is 9.80 Å². The maximum atomic E-state index is 12.9. The maximum absolute atomic E-state index is 12.9. The number of carbonyl (C=O) groups is 1. The van der Waals surface area contributed by atoms with E-state index in [2.05, 4.69) is 36.9 Å². The average molecular weight is 445 g/mol. The van der Waals surface area contributed by atoms with Crippen LogP contribution in [0.25, 0.3) is 11.0 Å². The highest BCUT2D eigenvalue weighted by Crippen LogP contribution is 2.25. The number of nitrogens with zero attached hydrogens (tertiary/aromatic N) is 6. The van der Waals surface area contributed by atoms with Crippen molar-refractivity contribution in [2.24, 2.45) is 5.92 Å². The lowest BCUT2D eigenvalue weighted by Gasteiger charge is -2.36. The zero-order chi connectivity index (χ0) is 22.5. The summed E-state index contributed by atoms with van der Waals surface area (Å²) >= 11 is 0. The molecule has 0 radical (unpaired) electrons. The predicted molar refractivity (Wildman–Crippen MR) is 130 cm³/mol. The number of anilines is 1. The molecule has 0 bridgehead atoms. The van der Waals surface area contributed by atoms with Gasteiger partial charge in [0.25, 0.3) is 0 Å². The Morgan fingerprint density at radius 3 is 2.64 bits per heavy atom. The number of likely N-dealkylation sites (tertiary alicyclic amines) is 1. The number of rotatable bonds is 6. The van der Waals surface area contributed by atoms with Gasteiger partial charge in [0.2, 0.25) is 5.91 Å². The van der Waals surface area contributed by atoms with Crippen LogP contribution in [-0.2, 0) is 11.3 Å². The van der Waals surface area contributed by atoms with Crippen LogP contribution in [0.1, 0.15) is 31.2 Å². The molecule has 2 fully saturated rings. The molecule has 2 aliphatic rings. The molecule has 5 rings (SSSR count). The molecule has 7 heteroatoms. The number of para-hydroxylation sites is 1. The number of fused-ring (bicyclic) bond motifs is 1. The van der Waals surface area contributed by atoms with Gasteiger partial charge in [0.05, 0.1) is 11.0 Å². The molecule has 0 aliphatic carbocycles. The smallest absolute Gasteiger partial charge is 0.222 e. The molecule has 0 spiro atoms. The Kier molecular flexibility index (Phi) is 6.76. The normalized spacial score (nSPS) is 19.7. The molecule has 0 unspecified atom stereocenters. The zero-order valence-corrected chi connectivity index (χ0v) is 19.1. The number of hydrogen-bond donors (Lipinski definition) is 0. The molecule has 1 atom stereocenters. The largest absolute Gasteiger partial charge is 0.353 e. The minimum atomic E-state index is 0.303. The van der Waals surface area contributed by atoms with E-state index in [9.17, 15) is 4.79 Å². The third-order valence-electron chi connectivity index (χ3n) is 6.95. The monoisotopic (exact) mass is 444 g/mol. The summed E-state index contributed by atoms with van der Waals surface area (Å²) in [6.45, 7) is 6.34. The van der Waals surface area contributed by atoms with Crippen LogP contribution in [0.4, 0.5) is 5.82 Å². The fourth-order valence-corrected chi connectivity index (χ4v) is 5.16. The van der Waals surface area contributed by atoms with E-state index in [1.807, 2.05) is 35.4 Å². The number of aromatic nitrogens is 3. The molecule has 4 heterocycles. The lowest BCUT2D eigenvalue weighted by Crippen LogP contribution is -2.49. The molecule has 7 nitrogen and oxygen atoms in total. The summed E-state index contributed by atoms with van der Waals surface area (Å²) in [4.78, 5) is 33.1. The third kappa shape index (κ3) is 5.30. The third-order valence-corrected chi connectivity index (χ3v) is 6.95. The van der Waals surface area contributed by atoms with Crippen LogP contribution in [0.3, 0.4) is 0 Å². The van der Waals surface area contributed by atoms with Gasteiger partial charge in [0.1, 0.15) is 5.82 Å². The van der Waals surface area contributed by atoms with Crippen molar-refractivity contribution in [3.05, 3.63) is 60.6 Å². The van der Waals surface area contributed by atoms with Crippen molar-refractivity contribution >= 4 is 22.8 Å². The minimum absolute atomic E-state index is 0.303. The van der Waals surface area contributed by atoms with Crippen LogP contribution in [0.5, 0.6) is 0 Å². The minimum Gasteiger partial charge on any atom is -0.353 e. The average Bonchev–Trinajstić information content (AvgIpc) is 2.88. The van der Waals surface area contributed by atoms with Crippen molar-refractivity contribution in [3.8, 4) is 0 Å². The van der Waals surface area contributed by atoms with Gasteiger partial charge in [0, 0.05) is 64.3 Å². The van der Waals surface area contributed by atoms with Crippen molar-refractivity contribution in [1.29, 1.82) is 0 Å². The summed E-state index contributed by atoms with van der Waals surface area (Å²) in [6, 6.07) is 12.2. The molecule has 0 N–H and O–H groups in total. The van der Waals surface area contributed by atoms with Gasteiger partial charge in [-0.3, -0.25) is 19.7 Å². The number of carbonyl (C=O) groups excluding carboxylic acids is 1. The van der Waals surface area contributed by atoms with E-state index in [1.165, 1.54) is 18.4 Å². The summed E-state index contributed by atoms with van der Waals surface area (Å²) < 4.78 is 0. The number of pyridine rings is 1. The van der Waals surface area contributed by atoms with Crippen molar-refractivity contribution in [2.45, 2.75) is 32.2 Å². The van der Waals surface area contributed by atoms with Gasteiger partial charge in [-0.2, -0.15) is 0 Å². The second kappa shape index (κ2) is 10.3. The van der Waals surface area contributed by atoms with Crippen LogP contribution in [-0.4, -0.2) is 69.9 Å². The lowest BCUT2D eigenvalue weighted by molar-refractivity contribution is -0.131. The fourth-order valence-electron chi connectivity index (χ4n) is 5.16. The van der Waals surface area contributed by atoms with Gasteiger partial charge in [0.15, 0.2) is 0 Å². The Morgan fingerprint density at radius 2 is 1.79 bits per heavy atom. The van der Waals surface area contributed by atoms with Crippen molar-refractivity contribution in [1.82, 2.24) is 24.8 Å². The first-order chi connectivity index (χ1) is 16.3. The van der Waals surface area contributed by atoms with Crippen LogP contribution in [0.2, 0.25) is 0 Å². The number of benzene rings is 1. The molecule has 1 amide bonds. The molecular weight excluding hydrogens is 412 g/mol. The first-order valence-corrected chi connectivity index (χ1v) is 12.1. The fraction of sp³-hybridized carbons (Fsp3) is 0.462. The Morgan fingerprint density at radius 1 is 0.909 bits per heavy atom. The molecule has 0 saturated carbocycles. The summed E-state index contributed by atoms with van der Waals surface area (Å²) in [7, 11) is 0. The van der Waals surface area contributed by atoms with Crippen molar-refractivity contribution < 1.29 is 4.79 Å². The predicted octanol–water partition coefficient (Wildman–Crippen LogP) is 3.37. The maximum Gasteiger partial charge on any atom is 0.222 e. The number of piperazine rings is 1. The van der Waals surface area contributed by atoms with Crippen LogP contribution >= 0.6 is 0 Å². The van der Waals surface area contributed by atoms with Crippen LogP contribution in [0, 0.1) is 5.92 Å². The van der Waals surface area contributed by atoms with E-state index in [0.29, 0.717) is 18.2 Å². The molecule has 2 aromatic heterocycles.